The van der Waals surface area contributed by atoms with Crippen LogP contribution in [0.4, 0.5) is 0 Å². The highest BCUT2D eigenvalue weighted by Crippen LogP contribution is 2.30. The molecule has 1 rings (SSSR count). The smallest absolute Gasteiger partial charge is 0.322 e. The summed E-state index contributed by atoms with van der Waals surface area (Å²) in [6.07, 6.45) is 6.41. The Balaban J connectivity index is 2.29. The van der Waals surface area contributed by atoms with Gasteiger partial charge < -0.3 is 20.1 Å². The summed E-state index contributed by atoms with van der Waals surface area (Å²) in [5.74, 6) is 0.554. The van der Waals surface area contributed by atoms with Crippen molar-refractivity contribution in [2.24, 2.45) is 11.3 Å². The van der Waals surface area contributed by atoms with Crippen LogP contribution in [0.2, 0.25) is 0 Å². The third-order valence-corrected chi connectivity index (χ3v) is 5.72. The van der Waals surface area contributed by atoms with Gasteiger partial charge in [-0.15, -0.1) is 0 Å². The molecule has 1 aliphatic carbocycles. The van der Waals surface area contributed by atoms with Crippen molar-refractivity contribution in [1.29, 1.82) is 0 Å². The number of carbonyl (C=O) groups excluding carboxylic acids is 1. The van der Waals surface area contributed by atoms with Crippen LogP contribution < -0.4 is 10.6 Å². The highest BCUT2D eigenvalue weighted by atomic mass is 16.5. The lowest BCUT2D eigenvalue weighted by molar-refractivity contribution is -0.148. The average molecular weight is 413 g/mol. The molecule has 0 aromatic rings. The highest BCUT2D eigenvalue weighted by molar-refractivity contribution is 5.75. The molecular formula is C24H48N2O3. The van der Waals surface area contributed by atoms with Gasteiger partial charge in [0.25, 0.3) is 0 Å². The predicted molar refractivity (Wildman–Crippen MR) is 121 cm³/mol. The maximum absolute atomic E-state index is 12.2. The topological polar surface area (TPSA) is 59.6 Å². The van der Waals surface area contributed by atoms with Gasteiger partial charge in [0.15, 0.2) is 0 Å². The molecule has 4 unspecified atom stereocenters. The fourth-order valence-corrected chi connectivity index (χ4v) is 4.06. The summed E-state index contributed by atoms with van der Waals surface area (Å²) in [5, 5.41) is 6.97. The van der Waals surface area contributed by atoms with Crippen LogP contribution in [-0.4, -0.2) is 49.0 Å². The molecule has 172 valence electrons. The molecule has 29 heavy (non-hydrogen) atoms. The van der Waals surface area contributed by atoms with Crippen LogP contribution in [0.15, 0.2) is 0 Å². The standard InChI is InChI=1S/C24H48N2O3/c1-16(2)25-18(4)20(6)29-22-12-10-21(11-13-22)14-17(3)26-19(5)23(27)28-15-24(7,8)9/h16-22,25-26H,10-15H2,1-9H3. The van der Waals surface area contributed by atoms with Crippen LogP contribution in [0.5, 0.6) is 0 Å². The molecule has 1 saturated carbocycles. The third kappa shape index (κ3) is 11.4. The van der Waals surface area contributed by atoms with Crippen molar-refractivity contribution >= 4 is 5.97 Å². The summed E-state index contributed by atoms with van der Waals surface area (Å²) in [5.41, 5.74) is 0.00183. The van der Waals surface area contributed by atoms with Crippen molar-refractivity contribution in [3.8, 4) is 0 Å². The van der Waals surface area contributed by atoms with Crippen molar-refractivity contribution in [2.45, 2.75) is 131 Å². The number of esters is 1. The molecular weight excluding hydrogens is 364 g/mol. The van der Waals surface area contributed by atoms with E-state index in [2.05, 4.69) is 66.0 Å². The first-order chi connectivity index (χ1) is 13.4. The molecule has 1 fully saturated rings. The molecule has 0 aliphatic heterocycles. The first kappa shape index (κ1) is 26.4. The largest absolute Gasteiger partial charge is 0.464 e. The summed E-state index contributed by atoms with van der Waals surface area (Å²) < 4.78 is 11.7. The Bertz CT molecular complexity index is 467. The molecule has 4 atom stereocenters. The van der Waals surface area contributed by atoms with E-state index in [9.17, 15) is 4.79 Å². The normalized spacial score (nSPS) is 24.8. The van der Waals surface area contributed by atoms with E-state index in [0.29, 0.717) is 36.8 Å². The number of hydrogen-bond donors (Lipinski definition) is 2. The van der Waals surface area contributed by atoms with Gasteiger partial charge in [-0.3, -0.25) is 4.79 Å². The molecule has 0 spiro atoms. The molecule has 0 bridgehead atoms. The van der Waals surface area contributed by atoms with Gasteiger partial charge in [0, 0.05) is 18.1 Å². The van der Waals surface area contributed by atoms with Crippen molar-refractivity contribution in [1.82, 2.24) is 10.6 Å². The van der Waals surface area contributed by atoms with Crippen LogP contribution in [-0.2, 0) is 14.3 Å². The van der Waals surface area contributed by atoms with Gasteiger partial charge in [-0.05, 0) is 71.1 Å². The fraction of sp³-hybridized carbons (Fsp3) is 0.958. The second kappa shape index (κ2) is 12.3. The molecule has 5 heteroatoms. The zero-order valence-electron chi connectivity index (χ0n) is 20.5. The number of hydrogen-bond acceptors (Lipinski definition) is 5. The van der Waals surface area contributed by atoms with Crippen molar-refractivity contribution in [2.75, 3.05) is 6.61 Å². The van der Waals surface area contributed by atoms with Crippen molar-refractivity contribution in [3.63, 3.8) is 0 Å². The van der Waals surface area contributed by atoms with Gasteiger partial charge in [0.05, 0.1) is 18.8 Å². The lowest BCUT2D eigenvalue weighted by Gasteiger charge is -2.34. The van der Waals surface area contributed by atoms with Gasteiger partial charge in [-0.25, -0.2) is 0 Å². The van der Waals surface area contributed by atoms with Gasteiger partial charge >= 0.3 is 5.97 Å². The molecule has 0 aromatic carbocycles. The first-order valence-electron chi connectivity index (χ1n) is 11.7. The van der Waals surface area contributed by atoms with Crippen LogP contribution >= 0.6 is 0 Å². The summed E-state index contributed by atoms with van der Waals surface area (Å²) in [6.45, 7) is 19.5. The minimum atomic E-state index is -0.261. The number of carbonyl (C=O) groups is 1. The third-order valence-electron chi connectivity index (χ3n) is 5.72. The summed E-state index contributed by atoms with van der Waals surface area (Å²) in [4.78, 5) is 12.2. The van der Waals surface area contributed by atoms with Crippen LogP contribution in [0, 0.1) is 11.3 Å². The Morgan fingerprint density at radius 1 is 0.966 bits per heavy atom. The highest BCUT2D eigenvalue weighted by Gasteiger charge is 2.27. The molecule has 0 aromatic heterocycles. The first-order valence-corrected chi connectivity index (χ1v) is 11.7. The Morgan fingerprint density at radius 2 is 1.55 bits per heavy atom. The Morgan fingerprint density at radius 3 is 2.07 bits per heavy atom. The van der Waals surface area contributed by atoms with E-state index < -0.39 is 0 Å². The number of nitrogens with one attached hydrogen (secondary N) is 2. The fourth-order valence-electron chi connectivity index (χ4n) is 4.06. The van der Waals surface area contributed by atoms with E-state index in [4.69, 9.17) is 9.47 Å². The zero-order chi connectivity index (χ0) is 22.2. The SMILES string of the molecule is CC(C)NC(C)C(C)OC1CCC(CC(C)NC(C)C(=O)OCC(C)(C)C)CC1. The predicted octanol–water partition coefficient (Wildman–Crippen LogP) is 4.68. The Labute approximate surface area is 180 Å². The molecule has 0 saturated heterocycles. The van der Waals surface area contributed by atoms with Crippen molar-refractivity contribution in [3.05, 3.63) is 0 Å². The van der Waals surface area contributed by atoms with Gasteiger partial charge in [0.2, 0.25) is 0 Å². The van der Waals surface area contributed by atoms with Gasteiger partial charge in [-0.1, -0.05) is 34.6 Å². The molecule has 0 radical (unpaired) electrons. The lowest BCUT2D eigenvalue weighted by Crippen LogP contribution is -2.43. The Hall–Kier alpha value is -0.650. The minimum Gasteiger partial charge on any atom is -0.464 e. The van der Waals surface area contributed by atoms with Crippen LogP contribution in [0.25, 0.3) is 0 Å². The van der Waals surface area contributed by atoms with Crippen molar-refractivity contribution < 1.29 is 14.3 Å². The van der Waals surface area contributed by atoms with E-state index in [0.717, 1.165) is 19.3 Å². The molecule has 1 aliphatic rings. The quantitative estimate of drug-likeness (QED) is 0.482. The second-order valence-electron chi connectivity index (χ2n) is 10.8. The second-order valence-corrected chi connectivity index (χ2v) is 10.8. The van der Waals surface area contributed by atoms with E-state index in [1.54, 1.807) is 0 Å². The lowest BCUT2D eigenvalue weighted by atomic mass is 9.83. The average Bonchev–Trinajstić information content (AvgIpc) is 2.59. The molecule has 5 nitrogen and oxygen atoms in total. The zero-order valence-corrected chi connectivity index (χ0v) is 20.5. The van der Waals surface area contributed by atoms with Gasteiger partial charge in [-0.2, -0.15) is 0 Å². The van der Waals surface area contributed by atoms with Crippen LogP contribution in [0.3, 0.4) is 0 Å². The number of ether oxygens (including phenoxy) is 2. The van der Waals surface area contributed by atoms with Gasteiger partial charge in [0.1, 0.15) is 6.04 Å². The van der Waals surface area contributed by atoms with E-state index in [1.807, 2.05) is 6.92 Å². The summed E-state index contributed by atoms with van der Waals surface area (Å²) in [7, 11) is 0. The maximum atomic E-state index is 12.2. The molecule has 0 amide bonds. The number of rotatable bonds is 11. The van der Waals surface area contributed by atoms with Crippen LogP contribution in [0.1, 0.15) is 94.4 Å². The minimum absolute atomic E-state index is 0.00183. The summed E-state index contributed by atoms with van der Waals surface area (Å²) in [6, 6.07) is 0.900. The summed E-state index contributed by atoms with van der Waals surface area (Å²) >= 11 is 0. The van der Waals surface area contributed by atoms with E-state index in [-0.39, 0.29) is 23.5 Å². The maximum Gasteiger partial charge on any atom is 0.322 e. The molecule has 2 N–H and O–H groups in total. The monoisotopic (exact) mass is 412 g/mol. The van der Waals surface area contributed by atoms with E-state index >= 15 is 0 Å². The van der Waals surface area contributed by atoms with E-state index in [1.165, 1.54) is 12.8 Å². The molecule has 0 heterocycles. The Kier molecular flexibility index (Phi) is 11.2.